The highest BCUT2D eigenvalue weighted by atomic mass is 35.5. The van der Waals surface area contributed by atoms with Gasteiger partial charge in [-0.1, -0.05) is 23.7 Å². The van der Waals surface area contributed by atoms with Crippen molar-refractivity contribution in [2.75, 3.05) is 37.7 Å². The van der Waals surface area contributed by atoms with E-state index in [9.17, 15) is 10.4 Å². The highest BCUT2D eigenvalue weighted by Gasteiger charge is 2.34. The number of aromatic nitrogens is 1. The van der Waals surface area contributed by atoms with E-state index >= 15 is 0 Å². The maximum atomic E-state index is 9.55. The van der Waals surface area contributed by atoms with Crippen LogP contribution in [-0.4, -0.2) is 53.3 Å². The molecular formula is C18H21ClN4O. The molecule has 1 N–H and O–H groups in total. The predicted octanol–water partition coefficient (Wildman–Crippen LogP) is 2.65. The SMILES string of the molecule is CC1(C)CN(c2c(C#N)cnc3c(Cl)cccc23)CCN1CCO. The molecule has 0 amide bonds. The molecule has 1 saturated heterocycles. The van der Waals surface area contributed by atoms with Gasteiger partial charge in [-0.15, -0.1) is 0 Å². The summed E-state index contributed by atoms with van der Waals surface area (Å²) in [6.07, 6.45) is 1.61. The van der Waals surface area contributed by atoms with Crippen molar-refractivity contribution in [3.05, 3.63) is 35.0 Å². The van der Waals surface area contributed by atoms with Crippen LogP contribution in [0, 0.1) is 11.3 Å². The van der Waals surface area contributed by atoms with Crippen LogP contribution in [0.4, 0.5) is 5.69 Å². The maximum absolute atomic E-state index is 9.55. The summed E-state index contributed by atoms with van der Waals surface area (Å²) in [6, 6.07) is 7.95. The minimum atomic E-state index is -0.0954. The summed E-state index contributed by atoms with van der Waals surface area (Å²) in [5, 5.41) is 20.3. The molecule has 2 aromatic rings. The summed E-state index contributed by atoms with van der Waals surface area (Å²) in [5.41, 5.74) is 2.10. The van der Waals surface area contributed by atoms with Gasteiger partial charge in [0.1, 0.15) is 6.07 Å². The van der Waals surface area contributed by atoms with Crippen molar-refractivity contribution in [3.63, 3.8) is 0 Å². The Morgan fingerprint density at radius 1 is 1.38 bits per heavy atom. The molecular weight excluding hydrogens is 324 g/mol. The largest absolute Gasteiger partial charge is 0.395 e. The molecule has 1 aromatic heterocycles. The van der Waals surface area contributed by atoms with Crippen LogP contribution in [0.5, 0.6) is 0 Å². The van der Waals surface area contributed by atoms with Crippen molar-refractivity contribution >= 4 is 28.2 Å². The lowest BCUT2D eigenvalue weighted by Gasteiger charge is -2.48. The molecule has 0 unspecified atom stereocenters. The third-order valence-corrected chi connectivity index (χ3v) is 5.01. The molecule has 1 fully saturated rings. The number of rotatable bonds is 3. The van der Waals surface area contributed by atoms with Crippen LogP contribution >= 0.6 is 11.6 Å². The van der Waals surface area contributed by atoms with E-state index in [4.69, 9.17) is 11.6 Å². The van der Waals surface area contributed by atoms with Gasteiger partial charge in [-0.3, -0.25) is 9.88 Å². The smallest absolute Gasteiger partial charge is 0.103 e. The fourth-order valence-electron chi connectivity index (χ4n) is 3.51. The first kappa shape index (κ1) is 17.0. The van der Waals surface area contributed by atoms with Crippen molar-refractivity contribution in [3.8, 4) is 6.07 Å². The topological polar surface area (TPSA) is 63.4 Å². The molecule has 1 aliphatic heterocycles. The van der Waals surface area contributed by atoms with Gasteiger partial charge < -0.3 is 10.0 Å². The third kappa shape index (κ3) is 2.93. The highest BCUT2D eigenvalue weighted by molar-refractivity contribution is 6.35. The minimum Gasteiger partial charge on any atom is -0.395 e. The summed E-state index contributed by atoms with van der Waals surface area (Å²) in [7, 11) is 0. The Hall–Kier alpha value is -1.87. The second kappa shape index (κ2) is 6.56. The Morgan fingerprint density at radius 2 is 2.17 bits per heavy atom. The molecule has 3 rings (SSSR count). The lowest BCUT2D eigenvalue weighted by atomic mass is 9.97. The number of aliphatic hydroxyl groups is 1. The number of nitriles is 1. The summed E-state index contributed by atoms with van der Waals surface area (Å²) >= 11 is 6.28. The van der Waals surface area contributed by atoms with E-state index in [1.807, 2.05) is 18.2 Å². The molecule has 5 nitrogen and oxygen atoms in total. The first-order chi connectivity index (χ1) is 11.5. The zero-order valence-corrected chi connectivity index (χ0v) is 14.7. The van der Waals surface area contributed by atoms with E-state index < -0.39 is 0 Å². The number of β-amino-alcohol motifs (C(OH)–C–C–N with tert-alkyl or cyclic N) is 1. The van der Waals surface area contributed by atoms with Crippen LogP contribution in [0.3, 0.4) is 0 Å². The first-order valence-electron chi connectivity index (χ1n) is 8.06. The van der Waals surface area contributed by atoms with E-state index in [0.29, 0.717) is 17.1 Å². The fourth-order valence-corrected chi connectivity index (χ4v) is 3.74. The molecule has 24 heavy (non-hydrogen) atoms. The van der Waals surface area contributed by atoms with Crippen molar-refractivity contribution in [1.82, 2.24) is 9.88 Å². The van der Waals surface area contributed by atoms with E-state index in [0.717, 1.165) is 36.2 Å². The number of pyridine rings is 1. The lowest BCUT2D eigenvalue weighted by molar-refractivity contribution is 0.0814. The van der Waals surface area contributed by atoms with Gasteiger partial charge in [-0.2, -0.15) is 5.26 Å². The molecule has 0 aliphatic carbocycles. The average molecular weight is 345 g/mol. The van der Waals surface area contributed by atoms with Crippen LogP contribution in [0.15, 0.2) is 24.4 Å². The first-order valence-corrected chi connectivity index (χ1v) is 8.44. The van der Waals surface area contributed by atoms with Gasteiger partial charge in [0.05, 0.1) is 28.4 Å². The minimum absolute atomic E-state index is 0.0954. The number of hydrogen-bond donors (Lipinski definition) is 1. The maximum Gasteiger partial charge on any atom is 0.103 e. The zero-order chi connectivity index (χ0) is 17.3. The number of aliphatic hydroxyl groups excluding tert-OH is 1. The number of halogens is 1. The standard InChI is InChI=1S/C18H21ClN4O/c1-18(2)12-22(6-7-23(18)8-9-24)17-13(10-20)11-21-16-14(17)4-3-5-15(16)19/h3-5,11,24H,6-9,12H2,1-2H3. The number of anilines is 1. The average Bonchev–Trinajstić information content (AvgIpc) is 2.56. The summed E-state index contributed by atoms with van der Waals surface area (Å²) in [5.74, 6) is 0. The molecule has 0 spiro atoms. The van der Waals surface area contributed by atoms with E-state index in [1.165, 1.54) is 0 Å². The van der Waals surface area contributed by atoms with E-state index in [2.05, 4.69) is 34.7 Å². The molecule has 6 heteroatoms. The Kier molecular flexibility index (Phi) is 4.64. The molecule has 1 aromatic carbocycles. The van der Waals surface area contributed by atoms with Crippen LogP contribution < -0.4 is 4.90 Å². The number of benzene rings is 1. The monoisotopic (exact) mass is 344 g/mol. The van der Waals surface area contributed by atoms with Gasteiger partial charge in [-0.05, 0) is 19.9 Å². The van der Waals surface area contributed by atoms with Gasteiger partial charge in [0.25, 0.3) is 0 Å². The number of nitrogens with zero attached hydrogens (tertiary/aromatic N) is 4. The van der Waals surface area contributed by atoms with Gasteiger partial charge in [0.15, 0.2) is 0 Å². The van der Waals surface area contributed by atoms with Gasteiger partial charge in [0.2, 0.25) is 0 Å². The Bertz CT molecular complexity index is 799. The quantitative estimate of drug-likeness (QED) is 0.927. The van der Waals surface area contributed by atoms with E-state index in [1.54, 1.807) is 6.20 Å². The number of piperazine rings is 1. The van der Waals surface area contributed by atoms with Crippen molar-refractivity contribution in [2.24, 2.45) is 0 Å². The third-order valence-electron chi connectivity index (χ3n) is 4.70. The Labute approximate surface area is 147 Å². The summed E-state index contributed by atoms with van der Waals surface area (Å²) < 4.78 is 0. The molecule has 0 radical (unpaired) electrons. The molecule has 2 heterocycles. The van der Waals surface area contributed by atoms with Gasteiger partial charge in [-0.25, -0.2) is 0 Å². The van der Waals surface area contributed by atoms with Crippen LogP contribution in [0.25, 0.3) is 10.9 Å². The summed E-state index contributed by atoms with van der Waals surface area (Å²) in [6.45, 7) is 7.55. The van der Waals surface area contributed by atoms with Crippen LogP contribution in [-0.2, 0) is 0 Å². The van der Waals surface area contributed by atoms with E-state index in [-0.39, 0.29) is 12.1 Å². The van der Waals surface area contributed by atoms with Crippen LogP contribution in [0.2, 0.25) is 5.02 Å². The molecule has 0 atom stereocenters. The summed E-state index contributed by atoms with van der Waals surface area (Å²) in [4.78, 5) is 8.89. The lowest BCUT2D eigenvalue weighted by Crippen LogP contribution is -2.60. The van der Waals surface area contributed by atoms with Crippen molar-refractivity contribution in [1.29, 1.82) is 5.26 Å². The Morgan fingerprint density at radius 3 is 2.83 bits per heavy atom. The molecule has 126 valence electrons. The van der Waals surface area contributed by atoms with Gasteiger partial charge in [0, 0.05) is 43.3 Å². The molecule has 0 saturated carbocycles. The van der Waals surface area contributed by atoms with Crippen molar-refractivity contribution in [2.45, 2.75) is 19.4 Å². The number of para-hydroxylation sites is 1. The predicted molar refractivity (Wildman–Crippen MR) is 96.4 cm³/mol. The molecule has 1 aliphatic rings. The number of hydrogen-bond acceptors (Lipinski definition) is 5. The normalized spacial score (nSPS) is 17.9. The number of fused-ring (bicyclic) bond motifs is 1. The Balaban J connectivity index is 2.07. The highest BCUT2D eigenvalue weighted by Crippen LogP contribution is 2.35. The fraction of sp³-hybridized carbons (Fsp3) is 0.444. The molecule has 0 bridgehead atoms. The second-order valence-corrected chi connectivity index (χ2v) is 7.12. The zero-order valence-electron chi connectivity index (χ0n) is 14.0. The van der Waals surface area contributed by atoms with Gasteiger partial charge >= 0.3 is 0 Å². The van der Waals surface area contributed by atoms with Crippen molar-refractivity contribution < 1.29 is 5.11 Å². The van der Waals surface area contributed by atoms with Crippen LogP contribution in [0.1, 0.15) is 19.4 Å². The second-order valence-electron chi connectivity index (χ2n) is 6.71.